The first kappa shape index (κ1) is 11.5. The number of hydrogen-bond acceptors (Lipinski definition) is 3. The standard InChI is InChI=1S/C10H20N2O2/c1-10(2,5-7-13)12-9(14)8-4-3-6-11-8/h8,11,13H,3-7H2,1-2H3,(H,12,14)/t8-/m1/s1. The Morgan fingerprint density at radius 3 is 2.86 bits per heavy atom. The molecule has 3 N–H and O–H groups in total. The molecule has 1 amide bonds. The van der Waals surface area contributed by atoms with E-state index in [4.69, 9.17) is 5.11 Å². The molecule has 0 aliphatic carbocycles. The van der Waals surface area contributed by atoms with Gasteiger partial charge in [-0.25, -0.2) is 0 Å². The zero-order chi connectivity index (χ0) is 10.6. The molecule has 0 aromatic heterocycles. The first-order valence-electron chi connectivity index (χ1n) is 5.21. The molecule has 0 aromatic rings. The second kappa shape index (κ2) is 4.75. The Bertz CT molecular complexity index is 198. The van der Waals surface area contributed by atoms with Gasteiger partial charge in [-0.15, -0.1) is 0 Å². The van der Waals surface area contributed by atoms with Gasteiger partial charge < -0.3 is 15.7 Å². The van der Waals surface area contributed by atoms with Gasteiger partial charge in [-0.1, -0.05) is 0 Å². The van der Waals surface area contributed by atoms with Crippen molar-refractivity contribution in [1.29, 1.82) is 0 Å². The lowest BCUT2D eigenvalue weighted by atomic mass is 10.0. The van der Waals surface area contributed by atoms with E-state index < -0.39 is 0 Å². The van der Waals surface area contributed by atoms with Crippen molar-refractivity contribution in [3.8, 4) is 0 Å². The van der Waals surface area contributed by atoms with E-state index in [2.05, 4.69) is 10.6 Å². The van der Waals surface area contributed by atoms with Crippen LogP contribution >= 0.6 is 0 Å². The summed E-state index contributed by atoms with van der Waals surface area (Å²) in [6.45, 7) is 4.88. The van der Waals surface area contributed by atoms with Gasteiger partial charge in [0.2, 0.25) is 5.91 Å². The lowest BCUT2D eigenvalue weighted by Crippen LogP contribution is -2.50. The number of aliphatic hydroxyl groups is 1. The lowest BCUT2D eigenvalue weighted by Gasteiger charge is -2.27. The Balaban J connectivity index is 2.38. The fraction of sp³-hybridized carbons (Fsp3) is 0.900. The average Bonchev–Trinajstić information content (AvgIpc) is 2.53. The van der Waals surface area contributed by atoms with Crippen molar-refractivity contribution < 1.29 is 9.90 Å². The molecule has 1 aliphatic heterocycles. The van der Waals surface area contributed by atoms with Gasteiger partial charge in [0, 0.05) is 12.1 Å². The summed E-state index contributed by atoms with van der Waals surface area (Å²) in [5.41, 5.74) is -0.309. The molecule has 0 spiro atoms. The minimum Gasteiger partial charge on any atom is -0.396 e. The first-order valence-corrected chi connectivity index (χ1v) is 5.21. The minimum atomic E-state index is -0.309. The van der Waals surface area contributed by atoms with Crippen LogP contribution in [0, 0.1) is 0 Å². The third-order valence-electron chi connectivity index (χ3n) is 2.58. The van der Waals surface area contributed by atoms with Crippen LogP contribution in [0.5, 0.6) is 0 Å². The molecule has 4 heteroatoms. The summed E-state index contributed by atoms with van der Waals surface area (Å²) in [6, 6.07) is -0.0343. The van der Waals surface area contributed by atoms with Crippen molar-refractivity contribution in [3.63, 3.8) is 0 Å². The zero-order valence-electron chi connectivity index (χ0n) is 8.97. The van der Waals surface area contributed by atoms with E-state index in [0.717, 1.165) is 19.4 Å². The van der Waals surface area contributed by atoms with Gasteiger partial charge in [0.15, 0.2) is 0 Å². The molecular weight excluding hydrogens is 180 g/mol. The molecule has 4 nitrogen and oxygen atoms in total. The van der Waals surface area contributed by atoms with Crippen LogP contribution in [0.3, 0.4) is 0 Å². The highest BCUT2D eigenvalue weighted by Gasteiger charge is 2.27. The fourth-order valence-corrected chi connectivity index (χ4v) is 1.67. The molecule has 1 rings (SSSR count). The third-order valence-corrected chi connectivity index (χ3v) is 2.58. The highest BCUT2D eigenvalue weighted by molar-refractivity contribution is 5.82. The fourth-order valence-electron chi connectivity index (χ4n) is 1.67. The normalized spacial score (nSPS) is 22.4. The molecule has 1 heterocycles. The van der Waals surface area contributed by atoms with Gasteiger partial charge in [0.1, 0.15) is 0 Å². The number of hydrogen-bond donors (Lipinski definition) is 3. The molecule has 0 aromatic carbocycles. The Morgan fingerprint density at radius 1 is 1.64 bits per heavy atom. The molecule has 1 atom stereocenters. The third kappa shape index (κ3) is 3.27. The molecule has 14 heavy (non-hydrogen) atoms. The Kier molecular flexibility index (Phi) is 3.89. The van der Waals surface area contributed by atoms with Crippen molar-refractivity contribution in [2.24, 2.45) is 0 Å². The van der Waals surface area contributed by atoms with Crippen LogP contribution in [0.25, 0.3) is 0 Å². The lowest BCUT2D eigenvalue weighted by molar-refractivity contribution is -0.124. The quantitative estimate of drug-likeness (QED) is 0.599. The number of carbonyl (C=O) groups is 1. The maximum atomic E-state index is 11.7. The van der Waals surface area contributed by atoms with E-state index in [1.54, 1.807) is 0 Å². The molecule has 0 unspecified atom stereocenters. The molecule has 1 fully saturated rings. The topological polar surface area (TPSA) is 61.4 Å². The van der Waals surface area contributed by atoms with E-state index in [0.29, 0.717) is 6.42 Å². The maximum absolute atomic E-state index is 11.7. The summed E-state index contributed by atoms with van der Waals surface area (Å²) in [6.07, 6.45) is 2.57. The summed E-state index contributed by atoms with van der Waals surface area (Å²) in [5, 5.41) is 14.9. The van der Waals surface area contributed by atoms with Gasteiger partial charge in [-0.2, -0.15) is 0 Å². The van der Waals surface area contributed by atoms with Crippen LogP contribution in [0.4, 0.5) is 0 Å². The largest absolute Gasteiger partial charge is 0.396 e. The number of aliphatic hydroxyl groups excluding tert-OH is 1. The van der Waals surface area contributed by atoms with E-state index in [-0.39, 0.29) is 24.1 Å². The monoisotopic (exact) mass is 200 g/mol. The van der Waals surface area contributed by atoms with E-state index in [9.17, 15) is 4.79 Å². The van der Waals surface area contributed by atoms with Crippen LogP contribution in [0.1, 0.15) is 33.1 Å². The number of carbonyl (C=O) groups excluding carboxylic acids is 1. The van der Waals surface area contributed by atoms with Gasteiger partial charge in [-0.3, -0.25) is 4.79 Å². The van der Waals surface area contributed by atoms with Crippen LogP contribution in [0.15, 0.2) is 0 Å². The van der Waals surface area contributed by atoms with Crippen molar-refractivity contribution >= 4 is 5.91 Å². The van der Waals surface area contributed by atoms with E-state index in [1.807, 2.05) is 13.8 Å². The van der Waals surface area contributed by atoms with Crippen molar-refractivity contribution in [3.05, 3.63) is 0 Å². The van der Waals surface area contributed by atoms with Crippen molar-refractivity contribution in [1.82, 2.24) is 10.6 Å². The highest BCUT2D eigenvalue weighted by Crippen LogP contribution is 2.10. The summed E-state index contributed by atoms with van der Waals surface area (Å²) in [5.74, 6) is 0.0564. The molecular formula is C10H20N2O2. The van der Waals surface area contributed by atoms with Gasteiger partial charge in [-0.05, 0) is 39.7 Å². The van der Waals surface area contributed by atoms with Gasteiger partial charge in [0.25, 0.3) is 0 Å². The second-order valence-electron chi connectivity index (χ2n) is 4.50. The van der Waals surface area contributed by atoms with Crippen molar-refractivity contribution in [2.45, 2.75) is 44.7 Å². The number of amides is 1. The molecule has 0 radical (unpaired) electrons. The first-order chi connectivity index (χ1) is 6.55. The Morgan fingerprint density at radius 2 is 2.36 bits per heavy atom. The van der Waals surface area contributed by atoms with Crippen LogP contribution < -0.4 is 10.6 Å². The molecule has 0 bridgehead atoms. The molecule has 1 saturated heterocycles. The smallest absolute Gasteiger partial charge is 0.237 e. The van der Waals surface area contributed by atoms with Crippen LogP contribution in [-0.4, -0.2) is 35.7 Å². The van der Waals surface area contributed by atoms with Gasteiger partial charge in [0.05, 0.1) is 6.04 Å². The van der Waals surface area contributed by atoms with Crippen LogP contribution in [-0.2, 0) is 4.79 Å². The predicted octanol–water partition coefficient (Wildman–Crippen LogP) is 0.0156. The predicted molar refractivity (Wildman–Crippen MR) is 54.9 cm³/mol. The van der Waals surface area contributed by atoms with Crippen molar-refractivity contribution in [2.75, 3.05) is 13.2 Å². The van der Waals surface area contributed by atoms with Crippen LogP contribution in [0.2, 0.25) is 0 Å². The summed E-state index contributed by atoms with van der Waals surface area (Å²) < 4.78 is 0. The SMILES string of the molecule is CC(C)(CCO)NC(=O)[C@H]1CCCN1. The Labute approximate surface area is 85.1 Å². The van der Waals surface area contributed by atoms with E-state index in [1.165, 1.54) is 0 Å². The van der Waals surface area contributed by atoms with E-state index >= 15 is 0 Å². The average molecular weight is 200 g/mol. The number of rotatable bonds is 4. The minimum absolute atomic E-state index is 0.0343. The highest BCUT2D eigenvalue weighted by atomic mass is 16.3. The molecule has 82 valence electrons. The zero-order valence-corrected chi connectivity index (χ0v) is 8.97. The summed E-state index contributed by atoms with van der Waals surface area (Å²) >= 11 is 0. The molecule has 1 aliphatic rings. The molecule has 0 saturated carbocycles. The Hall–Kier alpha value is -0.610. The summed E-state index contributed by atoms with van der Waals surface area (Å²) in [7, 11) is 0. The summed E-state index contributed by atoms with van der Waals surface area (Å²) in [4.78, 5) is 11.7. The second-order valence-corrected chi connectivity index (χ2v) is 4.50. The van der Waals surface area contributed by atoms with Gasteiger partial charge >= 0.3 is 0 Å². The number of nitrogens with one attached hydrogen (secondary N) is 2. The maximum Gasteiger partial charge on any atom is 0.237 e.